The molecule has 40 heteroatoms. The molecule has 0 saturated heterocycles. The van der Waals surface area contributed by atoms with Gasteiger partial charge >= 0.3 is 65.7 Å². The molecule has 138 heavy (non-hydrogen) atoms. The number of hydrogen-bond acceptors (Lipinski definition) is 17. The fourth-order valence-electron chi connectivity index (χ4n) is 17.4. The number of halogens is 7. The lowest BCUT2D eigenvalue weighted by molar-refractivity contribution is -0.171. The van der Waals surface area contributed by atoms with Crippen LogP contribution in [0.5, 0.6) is 0 Å². The van der Waals surface area contributed by atoms with Gasteiger partial charge in [0.2, 0.25) is 41.4 Å². The molecule has 0 radical (unpaired) electrons. The quantitative estimate of drug-likeness (QED) is 0.0116. The Bertz CT molecular complexity index is 4090. The van der Waals surface area contributed by atoms with Gasteiger partial charge in [0.15, 0.2) is 0 Å². The Kier molecular flexibility index (Phi) is 48.5. The van der Waals surface area contributed by atoms with Gasteiger partial charge in [-0.2, -0.15) is 30.7 Å². The highest BCUT2D eigenvalue weighted by Gasteiger charge is 2.59. The van der Waals surface area contributed by atoms with Gasteiger partial charge in [-0.25, -0.2) is 15.4 Å². The van der Waals surface area contributed by atoms with E-state index in [9.17, 15) is 107 Å². The second-order valence-electron chi connectivity index (χ2n) is 45.2. The van der Waals surface area contributed by atoms with Gasteiger partial charge in [0.1, 0.15) is 30.2 Å². The molecule has 9 rings (SSSR count). The lowest BCUT2D eigenvalue weighted by Crippen LogP contribution is -2.56. The zero-order valence-corrected chi connectivity index (χ0v) is 86.0. The average Bonchev–Trinajstić information content (AvgIpc) is 1.63. The fraction of sp³-hybridized carbons (Fsp3) is 0.837. The number of hydrazine groups is 1. The first-order valence-corrected chi connectivity index (χ1v) is 48.7. The van der Waals surface area contributed by atoms with Gasteiger partial charge < -0.3 is 78.3 Å². The molecule has 0 aromatic heterocycles. The zero-order chi connectivity index (χ0) is 107. The summed E-state index contributed by atoms with van der Waals surface area (Å²) in [6, 6.07) is -3.88. The van der Waals surface area contributed by atoms with E-state index in [-0.39, 0.29) is 111 Å². The van der Waals surface area contributed by atoms with Crippen molar-refractivity contribution in [1.29, 1.82) is 0 Å². The van der Waals surface area contributed by atoms with Gasteiger partial charge in [-0.3, -0.25) is 72.5 Å². The average molecular weight is 1990 g/mol. The smallest absolute Gasteiger partial charge is 0.409 e. The number of likely N-dealkylation sites (N-methyl/N-ethyl adjacent to an activating group) is 1. The van der Waals surface area contributed by atoms with Gasteiger partial charge in [0, 0.05) is 57.8 Å². The van der Waals surface area contributed by atoms with Crippen LogP contribution in [0, 0.1) is 97.1 Å². The maximum Gasteiger partial charge on any atom is 0.409 e. The Labute approximate surface area is 810 Å². The van der Waals surface area contributed by atoms with E-state index in [0.29, 0.717) is 54.8 Å². The maximum absolute atomic E-state index is 12.6. The number of carbonyl (C=O) groups is 16. The van der Waals surface area contributed by atoms with Crippen molar-refractivity contribution in [2.45, 2.75) is 411 Å². The fourth-order valence-corrected chi connectivity index (χ4v) is 17.4. The van der Waals surface area contributed by atoms with E-state index in [1.54, 1.807) is 48.6 Å². The van der Waals surface area contributed by atoms with Crippen molar-refractivity contribution < 1.29 is 143 Å². The van der Waals surface area contributed by atoms with Crippen LogP contribution in [0.3, 0.4) is 0 Å². The molecule has 0 heterocycles. The Morgan fingerprint density at radius 3 is 0.884 bits per heavy atom. The Balaban J connectivity index is 0.000000781. The van der Waals surface area contributed by atoms with Crippen molar-refractivity contribution in [1.82, 2.24) is 42.2 Å². The van der Waals surface area contributed by atoms with Crippen LogP contribution in [-0.4, -0.2) is 202 Å². The molecule has 9 amide bonds. The van der Waals surface area contributed by atoms with Crippen molar-refractivity contribution in [2.75, 3.05) is 13.6 Å². The number of rotatable bonds is 45. The monoisotopic (exact) mass is 1990 g/mol. The number of nitrogens with zero attached hydrogens (tertiary/aromatic N) is 1. The third-order valence-corrected chi connectivity index (χ3v) is 25.7. The number of nitrogens with one attached hydrogen (secondary N) is 7. The van der Waals surface area contributed by atoms with E-state index in [2.05, 4.69) is 121 Å². The van der Waals surface area contributed by atoms with Gasteiger partial charge in [-0.05, 0) is 247 Å². The number of carboxylic acid groups (broad SMARTS) is 7. The molecule has 0 aromatic carbocycles. The van der Waals surface area contributed by atoms with Gasteiger partial charge in [0.25, 0.3) is 5.91 Å². The van der Waals surface area contributed by atoms with Gasteiger partial charge in [-0.15, -0.1) is 0 Å². The van der Waals surface area contributed by atoms with Crippen molar-refractivity contribution in [3.63, 3.8) is 0 Å². The molecule has 0 bridgehead atoms. The SMILES string of the molecule is CC(C)CC(F)(F)C(=O)NN.CC(C)CC(F)(F)C(N)=O.CC(C)CC1(C(=O)N(C)CC(=O)O)CC1.CC(C)CC1(C(=O)NC(C(=O)O)C(C)C)CC1.CC(C)CC1(C(=O)NC(C)(C)C(=O)O)CC1.CC(C)CC1(C(=O)NC(C)C(=O)O)CC1.CC(C)CC1(C(=O)NC(CC(=O)O)C(F)(F)F)CC1.CC(C)CC1(C(=O)NC2(CC(=O)O)CC2)CC1.CC(C)CC1(C(=O)NC2(CC(=O)O)CCC2)CC1. The lowest BCUT2D eigenvalue weighted by Gasteiger charge is -2.42. The summed E-state index contributed by atoms with van der Waals surface area (Å²) in [4.78, 5) is 181. The highest BCUT2D eigenvalue weighted by atomic mass is 19.4. The molecular formula is C98H167F7N10O23. The van der Waals surface area contributed by atoms with Crippen molar-refractivity contribution in [3.05, 3.63) is 0 Å². The molecule has 33 nitrogen and oxygen atoms in total. The second-order valence-corrected chi connectivity index (χ2v) is 45.2. The summed E-state index contributed by atoms with van der Waals surface area (Å²) in [5.74, 6) is -10.4. The zero-order valence-electron chi connectivity index (χ0n) is 86.0. The van der Waals surface area contributed by atoms with Crippen LogP contribution < -0.4 is 48.9 Å². The van der Waals surface area contributed by atoms with Crippen LogP contribution in [0.15, 0.2) is 0 Å². The van der Waals surface area contributed by atoms with Crippen LogP contribution in [0.25, 0.3) is 0 Å². The van der Waals surface area contributed by atoms with E-state index >= 15 is 0 Å². The minimum absolute atomic E-state index is 0.00130. The van der Waals surface area contributed by atoms with E-state index in [1.165, 1.54) is 31.1 Å². The summed E-state index contributed by atoms with van der Waals surface area (Å²) in [5.41, 5.74) is 1.64. The third-order valence-electron chi connectivity index (χ3n) is 25.7. The predicted octanol–water partition coefficient (Wildman–Crippen LogP) is 15.0. The van der Waals surface area contributed by atoms with Crippen molar-refractivity contribution in [2.24, 2.45) is 109 Å². The summed E-state index contributed by atoms with van der Waals surface area (Å²) in [7, 11) is 1.57. The largest absolute Gasteiger partial charge is 0.481 e. The molecule has 9 aliphatic rings. The predicted molar refractivity (Wildman–Crippen MR) is 503 cm³/mol. The van der Waals surface area contributed by atoms with E-state index < -0.39 is 137 Å². The molecule has 9 aliphatic carbocycles. The number of nitrogens with two attached hydrogens (primary N) is 2. The number of aliphatic carboxylic acids is 7. The minimum Gasteiger partial charge on any atom is -0.481 e. The molecule has 18 N–H and O–H groups in total. The van der Waals surface area contributed by atoms with E-state index in [4.69, 9.17) is 35.7 Å². The van der Waals surface area contributed by atoms with Gasteiger partial charge in [0.05, 0.1) is 30.3 Å². The van der Waals surface area contributed by atoms with Crippen molar-refractivity contribution in [3.8, 4) is 0 Å². The third kappa shape index (κ3) is 44.4. The van der Waals surface area contributed by atoms with E-state index in [1.807, 2.05) is 19.2 Å². The highest BCUT2D eigenvalue weighted by molar-refractivity contribution is 5.93. The van der Waals surface area contributed by atoms with Crippen LogP contribution in [0.1, 0.15) is 358 Å². The highest BCUT2D eigenvalue weighted by Crippen LogP contribution is 2.57. The Hall–Kier alpha value is -9.01. The summed E-state index contributed by atoms with van der Waals surface area (Å²) >= 11 is 0. The van der Waals surface area contributed by atoms with E-state index in [0.717, 1.165) is 148 Å². The number of primary amides is 1. The first-order chi connectivity index (χ1) is 62.8. The standard InChI is InChI=1S/C14H23NO3.C13H21NO3.C13H23NO3.C12H18F3NO3.C12H21NO3.2C11H19NO3.C6H12F2N2O.C6H11F2NO/c1-10(2)8-13(6-7-13)12(18)15-14(4-3-5-14)9-11(16)17;1-9(2)7-12(3-4-12)11(17)14-13(5-6-13)8-10(15)16;1-8(2)7-13(5-6-13)12(17)14-10(9(3)4)11(15)16;1-7(2)6-11(3-4-11)10(19)16-8(5-9(17)18)12(13,14)15;1-8(2)7-12(5-6-12)9(14)13-11(3,4)10(15)16;1-8(2)6-11(4-5-11)10(15)12(3)7-9(13)14;1-7(2)6-11(4-5-11)10(15)12-8(3)9(13)14;1-4(2)3-6(7,8)5(11)10-9;1-4(2)3-6(7,8)5(9)10/h10H,3-9H2,1-2H3,(H,15,18)(H,16,17);9H,3-8H2,1-2H3,(H,14,17)(H,15,16);8-10H,5-7H2,1-4H3,(H,14,17)(H,15,16);7-8H,3-6H2,1-2H3,(H,16,19)(H,17,18);8H,5-7H2,1-4H3,(H,13,14)(H,15,16);8H,4-7H2,1-3H3,(H,13,14);7-8H,4-6H2,1-3H3,(H,12,15)(H,13,14);4H,3,9H2,1-2H3,(H,10,11);4H,3H2,1-2H3,(H2,9,10). The molecule has 9 saturated carbocycles. The molecule has 0 aromatic rings. The topological polar surface area (TPSA) is 554 Å². The summed E-state index contributed by atoms with van der Waals surface area (Å²) in [6.07, 6.45) is 15.4. The Morgan fingerprint density at radius 2 is 0.659 bits per heavy atom. The maximum atomic E-state index is 12.6. The van der Waals surface area contributed by atoms with Gasteiger partial charge in [-0.1, -0.05) is 138 Å². The number of hydrogen-bond donors (Lipinski definition) is 16. The van der Waals surface area contributed by atoms with Crippen LogP contribution in [-0.2, 0) is 76.7 Å². The number of carbonyl (C=O) groups excluding carboxylic acids is 9. The molecule has 0 spiro atoms. The molecule has 3 unspecified atom stereocenters. The molecule has 796 valence electrons. The summed E-state index contributed by atoms with van der Waals surface area (Å²) in [5, 5.41) is 77.3. The summed E-state index contributed by atoms with van der Waals surface area (Å²) in [6.45, 7) is 43.3. The molecule has 0 aliphatic heterocycles. The van der Waals surface area contributed by atoms with Crippen molar-refractivity contribution >= 4 is 94.9 Å². The van der Waals surface area contributed by atoms with Crippen LogP contribution in [0.2, 0.25) is 0 Å². The molecule has 3 atom stereocenters. The molecule has 9 fully saturated rings. The molecular weight excluding hydrogens is 1820 g/mol. The Morgan fingerprint density at radius 1 is 0.362 bits per heavy atom. The first-order valence-electron chi connectivity index (χ1n) is 48.7. The minimum atomic E-state index is -4.75. The second kappa shape index (κ2) is 52.7. The van der Waals surface area contributed by atoms with Crippen LogP contribution in [0.4, 0.5) is 30.7 Å². The first kappa shape index (κ1) is 127. The number of alkyl halides is 7. The van der Waals surface area contributed by atoms with Crippen LogP contribution >= 0.6 is 0 Å². The lowest BCUT2D eigenvalue weighted by atomic mass is 9.73. The number of amides is 9. The summed E-state index contributed by atoms with van der Waals surface area (Å²) < 4.78 is 87.7. The normalized spacial score (nSPS) is 18.9. The number of carboxylic acids is 7.